The van der Waals surface area contributed by atoms with E-state index in [1.165, 1.54) is 38.4 Å². The molecular formula is C20H19N5OS4. The van der Waals surface area contributed by atoms with Gasteiger partial charge in [-0.2, -0.15) is 5.10 Å². The third-order valence-corrected chi connectivity index (χ3v) is 8.83. The zero-order chi connectivity index (χ0) is 20.5. The van der Waals surface area contributed by atoms with Gasteiger partial charge < -0.3 is 5.73 Å². The average molecular weight is 474 g/mol. The summed E-state index contributed by atoms with van der Waals surface area (Å²) < 4.78 is 0.705. The van der Waals surface area contributed by atoms with Gasteiger partial charge in [-0.05, 0) is 53.8 Å². The number of thioether (sulfide) groups is 1. The van der Waals surface area contributed by atoms with E-state index in [-0.39, 0.29) is 23.6 Å². The summed E-state index contributed by atoms with van der Waals surface area (Å²) in [7, 11) is 0. The van der Waals surface area contributed by atoms with Gasteiger partial charge in [0.15, 0.2) is 4.34 Å². The van der Waals surface area contributed by atoms with Gasteiger partial charge >= 0.3 is 0 Å². The van der Waals surface area contributed by atoms with E-state index < -0.39 is 0 Å². The summed E-state index contributed by atoms with van der Waals surface area (Å²) in [5, 5.41) is 19.0. The Bertz CT molecular complexity index is 1090. The first-order valence-electron chi connectivity index (χ1n) is 9.59. The summed E-state index contributed by atoms with van der Waals surface area (Å²) in [4.78, 5) is 15.6. The first-order chi connectivity index (χ1) is 14.7. The number of nitrogens with zero attached hydrogens (tertiary/aromatic N) is 4. The van der Waals surface area contributed by atoms with Gasteiger partial charge in [0.25, 0.3) is 5.91 Å². The fraction of sp³-hybridized carbons (Fsp3) is 0.300. The number of hydrazone groups is 1. The van der Waals surface area contributed by atoms with E-state index in [0.717, 1.165) is 25.0 Å². The number of allylic oxidation sites excluding steroid dienone is 1. The maximum atomic E-state index is 13.2. The van der Waals surface area contributed by atoms with E-state index in [1.54, 1.807) is 27.7 Å². The fourth-order valence-electron chi connectivity index (χ4n) is 3.96. The summed E-state index contributed by atoms with van der Waals surface area (Å²) in [6, 6.07) is 8.32. The molecule has 3 aromatic rings. The Balaban J connectivity index is 1.44. The molecule has 2 N–H and O–H groups in total. The lowest BCUT2D eigenvalue weighted by Crippen LogP contribution is -2.32. The number of carbonyl (C=O) groups is 1. The summed E-state index contributed by atoms with van der Waals surface area (Å²) in [6.45, 7) is 0. The maximum Gasteiger partial charge on any atom is 0.253 e. The number of fused-ring (bicyclic) bond motifs is 1. The number of anilines is 1. The molecule has 1 aliphatic heterocycles. The van der Waals surface area contributed by atoms with Gasteiger partial charge in [0.2, 0.25) is 5.13 Å². The normalized spacial score (nSPS) is 22.3. The number of rotatable bonds is 5. The Morgan fingerprint density at radius 1 is 1.27 bits per heavy atom. The van der Waals surface area contributed by atoms with Crippen molar-refractivity contribution in [3.63, 3.8) is 0 Å². The highest BCUT2D eigenvalue weighted by molar-refractivity contribution is 8.01. The molecule has 154 valence electrons. The van der Waals surface area contributed by atoms with Crippen molar-refractivity contribution in [2.24, 2.45) is 11.0 Å². The topological polar surface area (TPSA) is 84.5 Å². The molecule has 0 aromatic carbocycles. The molecule has 2 aliphatic rings. The smallest absolute Gasteiger partial charge is 0.253 e. The molecular weight excluding hydrogens is 455 g/mol. The number of hydrogen-bond donors (Lipinski definition) is 1. The summed E-state index contributed by atoms with van der Waals surface area (Å²) in [6.07, 6.45) is 5.41. The van der Waals surface area contributed by atoms with Crippen LogP contribution in [0.4, 0.5) is 5.13 Å². The molecule has 0 bridgehead atoms. The van der Waals surface area contributed by atoms with Gasteiger partial charge in [-0.25, -0.2) is 5.01 Å². The molecule has 1 aliphatic carbocycles. The molecule has 4 heterocycles. The first-order valence-corrected chi connectivity index (χ1v) is 13.2. The van der Waals surface area contributed by atoms with Crippen molar-refractivity contribution in [2.75, 3.05) is 11.5 Å². The molecule has 2 atom stereocenters. The maximum absolute atomic E-state index is 13.2. The highest BCUT2D eigenvalue weighted by Gasteiger charge is 2.44. The average Bonchev–Trinajstić information content (AvgIpc) is 3.52. The van der Waals surface area contributed by atoms with Crippen LogP contribution in [0.3, 0.4) is 0 Å². The molecule has 1 amide bonds. The molecule has 1 fully saturated rings. The Morgan fingerprint density at radius 3 is 2.87 bits per heavy atom. The van der Waals surface area contributed by atoms with Crippen molar-refractivity contribution in [2.45, 2.75) is 29.6 Å². The molecule has 3 aromatic heterocycles. The molecule has 0 saturated heterocycles. The van der Waals surface area contributed by atoms with E-state index in [9.17, 15) is 4.79 Å². The molecule has 0 radical (unpaired) electrons. The van der Waals surface area contributed by atoms with E-state index in [0.29, 0.717) is 9.47 Å². The van der Waals surface area contributed by atoms with E-state index in [1.807, 2.05) is 6.07 Å². The highest BCUT2D eigenvalue weighted by Crippen LogP contribution is 2.46. The SMILES string of the molecule is Nc1nnc(SCC(=O)N2N=C3/C(=C/c4cccs4)CCCC3C2c2cccs2)s1. The minimum absolute atomic E-state index is 0.00968. The number of amides is 1. The van der Waals surface area contributed by atoms with Gasteiger partial charge in [0.05, 0.1) is 17.5 Å². The van der Waals surface area contributed by atoms with Crippen molar-refractivity contribution in [1.82, 2.24) is 15.2 Å². The molecule has 30 heavy (non-hydrogen) atoms. The molecule has 10 heteroatoms. The standard InChI is InChI=1S/C20H19N5OS4/c21-19-22-23-20(30-19)29-11-16(26)25-18(15-7-3-9-28-15)14-6-1-4-12(17(14)24-25)10-13-5-2-8-27-13/h2-3,5,7-10,14,18H,1,4,6,11H2,(H2,21,22)/b12-10+. The number of nitrogens with two attached hydrogens (primary N) is 1. The Labute approximate surface area is 190 Å². The summed E-state index contributed by atoms with van der Waals surface area (Å²) >= 11 is 6.09. The predicted molar refractivity (Wildman–Crippen MR) is 126 cm³/mol. The van der Waals surface area contributed by atoms with Crippen LogP contribution >= 0.6 is 45.8 Å². The monoisotopic (exact) mass is 473 g/mol. The van der Waals surface area contributed by atoms with E-state index in [2.05, 4.69) is 45.2 Å². The van der Waals surface area contributed by atoms with E-state index in [4.69, 9.17) is 10.8 Å². The molecule has 1 saturated carbocycles. The van der Waals surface area contributed by atoms with Gasteiger partial charge in [0, 0.05) is 15.7 Å². The Morgan fingerprint density at radius 2 is 2.13 bits per heavy atom. The lowest BCUT2D eigenvalue weighted by atomic mass is 9.79. The van der Waals surface area contributed by atoms with Gasteiger partial charge in [-0.15, -0.1) is 32.9 Å². The minimum atomic E-state index is -0.0281. The van der Waals surface area contributed by atoms with Crippen LogP contribution in [0.5, 0.6) is 0 Å². The van der Waals surface area contributed by atoms with Crippen molar-refractivity contribution in [3.8, 4) is 0 Å². The molecule has 5 rings (SSSR count). The second-order valence-corrected chi connectivity index (χ2v) is 11.3. The quantitative estimate of drug-likeness (QED) is 0.518. The second kappa shape index (κ2) is 8.62. The predicted octanol–water partition coefficient (Wildman–Crippen LogP) is 5.16. The third kappa shape index (κ3) is 3.96. The fourth-order valence-corrected chi connectivity index (χ4v) is 7.00. The minimum Gasteiger partial charge on any atom is -0.374 e. The lowest BCUT2D eigenvalue weighted by Gasteiger charge is -2.28. The molecule has 6 nitrogen and oxygen atoms in total. The number of hydrogen-bond acceptors (Lipinski definition) is 9. The largest absolute Gasteiger partial charge is 0.374 e. The van der Waals surface area contributed by atoms with Crippen molar-refractivity contribution < 1.29 is 4.79 Å². The zero-order valence-electron chi connectivity index (χ0n) is 15.9. The van der Waals surface area contributed by atoms with Crippen molar-refractivity contribution >= 4 is 68.6 Å². The highest BCUT2D eigenvalue weighted by atomic mass is 32.2. The number of thiophene rings is 2. The van der Waals surface area contributed by atoms with Crippen LogP contribution in [0.15, 0.2) is 50.0 Å². The Kier molecular flexibility index (Phi) is 5.72. The van der Waals surface area contributed by atoms with Gasteiger partial charge in [-0.3, -0.25) is 4.79 Å². The third-order valence-electron chi connectivity index (χ3n) is 5.19. The van der Waals surface area contributed by atoms with Gasteiger partial charge in [-0.1, -0.05) is 35.2 Å². The van der Waals surface area contributed by atoms with Crippen LogP contribution in [0.2, 0.25) is 0 Å². The van der Waals surface area contributed by atoms with Crippen LogP contribution in [-0.2, 0) is 4.79 Å². The van der Waals surface area contributed by atoms with Crippen LogP contribution in [0.1, 0.15) is 35.1 Å². The Hall–Kier alpha value is -2.01. The summed E-state index contributed by atoms with van der Waals surface area (Å²) in [5.41, 5.74) is 7.99. The van der Waals surface area contributed by atoms with Gasteiger partial charge in [0.1, 0.15) is 0 Å². The molecule has 0 spiro atoms. The number of aromatic nitrogens is 2. The zero-order valence-corrected chi connectivity index (χ0v) is 19.2. The first kappa shape index (κ1) is 19.9. The van der Waals surface area contributed by atoms with Crippen LogP contribution in [-0.4, -0.2) is 32.6 Å². The van der Waals surface area contributed by atoms with Crippen molar-refractivity contribution in [1.29, 1.82) is 0 Å². The lowest BCUT2D eigenvalue weighted by molar-refractivity contribution is -0.130. The molecule has 2 unspecified atom stereocenters. The van der Waals surface area contributed by atoms with Crippen LogP contribution < -0.4 is 5.73 Å². The second-order valence-electron chi connectivity index (χ2n) is 7.06. The number of carbonyl (C=O) groups excluding carboxylic acids is 1. The van der Waals surface area contributed by atoms with Crippen molar-refractivity contribution in [3.05, 3.63) is 50.4 Å². The van der Waals surface area contributed by atoms with Crippen LogP contribution in [0.25, 0.3) is 6.08 Å². The van der Waals surface area contributed by atoms with E-state index >= 15 is 0 Å². The number of nitrogen functional groups attached to an aromatic ring is 1. The summed E-state index contributed by atoms with van der Waals surface area (Å²) in [5.74, 6) is 0.503. The van der Waals surface area contributed by atoms with Crippen LogP contribution in [0, 0.1) is 5.92 Å².